The number of benzene rings is 17. The van der Waals surface area contributed by atoms with E-state index in [0.717, 1.165) is 137 Å². The SMILES string of the molecule is c1ccc(-c2ccc3oc4nc(-c5ccc6c(c5)c5ccccc5n6-c5ccccc5)nc(-n5c6cc7ccccc7cc6c6c7ccccc7ccc65)c4c3c2)cc1.c1ccc(-n2c3ccccc3c3cc(-c4nc(-n5c6cc7ccccc7cc6c6cc7ccccc7cc65)c5c(n4)sc4cc(-c6ccccn6)ccc45)ccc32)cc1. The van der Waals surface area contributed by atoms with Gasteiger partial charge in [0.25, 0.3) is 0 Å². The van der Waals surface area contributed by atoms with Gasteiger partial charge in [0.1, 0.15) is 10.4 Å². The predicted octanol–water partition coefficient (Wildman–Crippen LogP) is 28.3. The van der Waals surface area contributed by atoms with Crippen molar-refractivity contribution in [2.45, 2.75) is 0 Å². The number of nitrogens with zero attached hydrogens (tertiary/aromatic N) is 9. The van der Waals surface area contributed by atoms with E-state index in [1.54, 1.807) is 11.3 Å². The van der Waals surface area contributed by atoms with Gasteiger partial charge in [-0.15, -0.1) is 11.3 Å². The number of pyridine rings is 1. The first-order chi connectivity index (χ1) is 58.5. The van der Waals surface area contributed by atoms with E-state index >= 15 is 0 Å². The van der Waals surface area contributed by atoms with Crippen molar-refractivity contribution in [2.24, 2.45) is 0 Å². The van der Waals surface area contributed by atoms with E-state index in [2.05, 4.69) is 387 Å². The molecule has 0 amide bonds. The number of para-hydroxylation sites is 4. The van der Waals surface area contributed by atoms with Crippen LogP contribution in [-0.2, 0) is 0 Å². The van der Waals surface area contributed by atoms with Gasteiger partial charge in [0.05, 0.1) is 60.6 Å². The van der Waals surface area contributed by atoms with E-state index in [1.165, 1.54) is 86.3 Å². The molecule has 0 saturated carbocycles. The highest BCUT2D eigenvalue weighted by atomic mass is 32.1. The maximum absolute atomic E-state index is 6.76. The number of fused-ring (bicyclic) bond motifs is 23. The maximum Gasteiger partial charge on any atom is 0.233 e. The first-order valence-corrected chi connectivity index (χ1v) is 40.6. The van der Waals surface area contributed by atoms with Crippen molar-refractivity contribution < 1.29 is 4.42 Å². The molecule has 10 nitrogen and oxygen atoms in total. The molecule has 0 N–H and O–H groups in total. The summed E-state index contributed by atoms with van der Waals surface area (Å²) in [4.78, 5) is 27.6. The van der Waals surface area contributed by atoms with Crippen LogP contribution in [0.2, 0.25) is 0 Å². The highest BCUT2D eigenvalue weighted by molar-refractivity contribution is 7.25. The van der Waals surface area contributed by atoms with Crippen molar-refractivity contribution in [2.75, 3.05) is 0 Å². The van der Waals surface area contributed by atoms with Gasteiger partial charge in [-0.3, -0.25) is 14.1 Å². The summed E-state index contributed by atoms with van der Waals surface area (Å²) in [5.74, 6) is 2.95. The van der Waals surface area contributed by atoms with Crippen molar-refractivity contribution in [3.05, 3.63) is 382 Å². The van der Waals surface area contributed by atoms with E-state index in [1.807, 2.05) is 18.3 Å². The first-order valence-electron chi connectivity index (χ1n) is 39.8. The molecule has 9 aromatic heterocycles. The Bertz CT molecular complexity index is 8440. The Morgan fingerprint density at radius 3 is 1.28 bits per heavy atom. The summed E-state index contributed by atoms with van der Waals surface area (Å²) in [6, 6.07) is 134. The lowest BCUT2D eigenvalue weighted by Crippen LogP contribution is -2.02. The normalized spacial score (nSPS) is 12.1. The van der Waals surface area contributed by atoms with Crippen LogP contribution in [-0.4, -0.2) is 43.2 Å². The van der Waals surface area contributed by atoms with Gasteiger partial charge >= 0.3 is 0 Å². The summed E-state index contributed by atoms with van der Waals surface area (Å²) in [6.45, 7) is 0. The fourth-order valence-electron chi connectivity index (χ4n) is 18.6. The lowest BCUT2D eigenvalue weighted by molar-refractivity contribution is 0.653. The first kappa shape index (κ1) is 65.8. The fourth-order valence-corrected chi connectivity index (χ4v) is 19.8. The molecular formula is C107H63N9OS. The van der Waals surface area contributed by atoms with Crippen LogP contribution < -0.4 is 0 Å². The molecule has 0 aliphatic rings. The molecule has 0 bridgehead atoms. The van der Waals surface area contributed by atoms with Gasteiger partial charge in [0, 0.05) is 92.8 Å². The predicted molar refractivity (Wildman–Crippen MR) is 491 cm³/mol. The Hall–Kier alpha value is -15.7. The summed E-state index contributed by atoms with van der Waals surface area (Å²) in [6.07, 6.45) is 1.85. The maximum atomic E-state index is 6.76. The molecule has 26 rings (SSSR count). The van der Waals surface area contributed by atoms with E-state index < -0.39 is 0 Å². The standard InChI is InChI=1S/C54H32N4O.C53H31N5S/c1-3-13-33(14-4-1)37-25-28-49-44(30-37)51-53(58-47-27-23-34-15-9-10-20-40(34)50(47)43-29-35-16-7-8-17-36(35)32-48(43)58)55-52(56-54(51)59-49)38-24-26-46-42(31-38)41-21-11-12-22-45(41)57(46)39-18-5-2-6-19-39;1-2-16-38(17-3-1)57-45-20-9-8-18-39(45)41-28-37(22-24-46(41)57)51-55-52(50-40-23-21-36(44-19-10-11-25-54-44)31-49(40)59-53(50)56-51)58-47-29-34-14-6-4-12-32(34)26-42(47)43-27-33-13-5-7-15-35(33)30-48(43)58/h1-32H;1-31H. The Morgan fingerprint density at radius 2 is 0.686 bits per heavy atom. The molecule has 0 aliphatic heterocycles. The van der Waals surface area contributed by atoms with Crippen LogP contribution in [0.25, 0.3) is 241 Å². The Labute approximate surface area is 677 Å². The smallest absolute Gasteiger partial charge is 0.233 e. The lowest BCUT2D eigenvalue weighted by atomic mass is 10.0. The molecule has 0 atom stereocenters. The molecule has 118 heavy (non-hydrogen) atoms. The van der Waals surface area contributed by atoms with Gasteiger partial charge in [-0.25, -0.2) is 15.0 Å². The molecule has 17 aromatic carbocycles. The number of rotatable bonds is 8. The Balaban J connectivity index is 0.000000131. The van der Waals surface area contributed by atoms with Crippen molar-refractivity contribution >= 4 is 184 Å². The number of thiophene rings is 1. The second-order valence-corrected chi connectivity index (χ2v) is 31.7. The molecule has 0 radical (unpaired) electrons. The second-order valence-electron chi connectivity index (χ2n) is 30.7. The average Bonchev–Trinajstić information content (AvgIpc) is 1.55. The van der Waals surface area contributed by atoms with Gasteiger partial charge in [-0.2, -0.15) is 4.98 Å². The van der Waals surface area contributed by atoms with Gasteiger partial charge in [-0.05, 0) is 200 Å². The van der Waals surface area contributed by atoms with Crippen molar-refractivity contribution in [1.29, 1.82) is 0 Å². The minimum Gasteiger partial charge on any atom is -0.437 e. The molecule has 26 aromatic rings. The summed E-state index contributed by atoms with van der Waals surface area (Å²) < 4.78 is 17.3. The topological polar surface area (TPSA) is 97.3 Å². The molecule has 0 spiro atoms. The van der Waals surface area contributed by atoms with Crippen LogP contribution in [0.15, 0.2) is 387 Å². The summed E-state index contributed by atoms with van der Waals surface area (Å²) in [5, 5.41) is 23.1. The van der Waals surface area contributed by atoms with Crippen molar-refractivity contribution in [1.82, 2.24) is 43.2 Å². The monoisotopic (exact) mass is 1520 g/mol. The van der Waals surface area contributed by atoms with Gasteiger partial charge in [0.2, 0.25) is 5.71 Å². The second kappa shape index (κ2) is 25.9. The summed E-state index contributed by atoms with van der Waals surface area (Å²) in [5.41, 5.74) is 18.7. The average molecular weight is 1520 g/mol. The minimum absolute atomic E-state index is 0.550. The number of furan rings is 1. The third kappa shape index (κ3) is 10.2. The molecule has 0 aliphatic carbocycles. The zero-order chi connectivity index (χ0) is 77.2. The number of hydrogen-bond donors (Lipinski definition) is 0. The van der Waals surface area contributed by atoms with E-state index in [-0.39, 0.29) is 0 Å². The van der Waals surface area contributed by atoms with Gasteiger partial charge < -0.3 is 13.6 Å². The van der Waals surface area contributed by atoms with Crippen LogP contribution in [0.5, 0.6) is 0 Å². The quantitative estimate of drug-likeness (QED) is 0.150. The molecule has 9 heterocycles. The molecule has 0 unspecified atom stereocenters. The third-order valence-electron chi connectivity index (χ3n) is 24.0. The highest BCUT2D eigenvalue weighted by Crippen LogP contribution is 2.48. The Morgan fingerprint density at radius 1 is 0.237 bits per heavy atom. The van der Waals surface area contributed by atoms with Crippen LogP contribution in [0.4, 0.5) is 0 Å². The minimum atomic E-state index is 0.550. The highest BCUT2D eigenvalue weighted by Gasteiger charge is 2.28. The van der Waals surface area contributed by atoms with E-state index in [4.69, 9.17) is 24.4 Å². The van der Waals surface area contributed by atoms with Crippen molar-refractivity contribution in [3.8, 4) is 68.2 Å². The number of aromatic nitrogens is 9. The van der Waals surface area contributed by atoms with Crippen LogP contribution in [0.1, 0.15) is 0 Å². The van der Waals surface area contributed by atoms with Crippen LogP contribution >= 0.6 is 11.3 Å². The number of hydrogen-bond acceptors (Lipinski definition) is 7. The van der Waals surface area contributed by atoms with Crippen LogP contribution in [0.3, 0.4) is 0 Å². The largest absolute Gasteiger partial charge is 0.437 e. The molecule has 0 saturated heterocycles. The zero-order valence-electron chi connectivity index (χ0n) is 63.2. The molecule has 11 heteroatoms. The molecule has 0 fully saturated rings. The fraction of sp³-hybridized carbons (Fsp3) is 0. The van der Waals surface area contributed by atoms with E-state index in [9.17, 15) is 0 Å². The van der Waals surface area contributed by atoms with Gasteiger partial charge in [-0.1, -0.05) is 231 Å². The molecular weight excluding hydrogens is 1460 g/mol. The van der Waals surface area contributed by atoms with Gasteiger partial charge in [0.15, 0.2) is 23.3 Å². The Kier molecular flexibility index (Phi) is 14.5. The zero-order valence-corrected chi connectivity index (χ0v) is 64.0. The summed E-state index contributed by atoms with van der Waals surface area (Å²) >= 11 is 1.72. The molecule has 548 valence electrons. The van der Waals surface area contributed by atoms with Crippen molar-refractivity contribution in [3.63, 3.8) is 0 Å². The van der Waals surface area contributed by atoms with Crippen LogP contribution in [0, 0.1) is 0 Å². The summed E-state index contributed by atoms with van der Waals surface area (Å²) in [7, 11) is 0. The third-order valence-corrected chi connectivity index (χ3v) is 25.1. The lowest BCUT2D eigenvalue weighted by Gasteiger charge is -2.12. The van der Waals surface area contributed by atoms with E-state index in [0.29, 0.717) is 17.4 Å².